The van der Waals surface area contributed by atoms with Crippen LogP contribution in [-0.4, -0.2) is 10.9 Å². The fourth-order valence-corrected chi connectivity index (χ4v) is 4.60. The molecule has 18 heavy (non-hydrogen) atoms. The van der Waals surface area contributed by atoms with E-state index in [0.717, 1.165) is 35.1 Å². The van der Waals surface area contributed by atoms with Crippen LogP contribution in [0.3, 0.4) is 0 Å². The number of amidine groups is 1. The van der Waals surface area contributed by atoms with E-state index in [1.165, 1.54) is 6.07 Å². The molecular weight excluding hydrogens is 315 g/mol. The summed E-state index contributed by atoms with van der Waals surface area (Å²) < 4.78 is 14.4. The van der Waals surface area contributed by atoms with Crippen LogP contribution in [-0.2, 0) is 5.54 Å². The van der Waals surface area contributed by atoms with Crippen LogP contribution in [0.1, 0.15) is 24.8 Å². The molecule has 2 unspecified atom stereocenters. The lowest BCUT2D eigenvalue weighted by Gasteiger charge is -2.36. The minimum absolute atomic E-state index is 0.216. The van der Waals surface area contributed by atoms with Gasteiger partial charge in [-0.25, -0.2) is 4.39 Å². The van der Waals surface area contributed by atoms with Crippen molar-refractivity contribution in [2.24, 2.45) is 16.6 Å². The van der Waals surface area contributed by atoms with Crippen molar-refractivity contribution in [3.8, 4) is 0 Å². The van der Waals surface area contributed by atoms with Gasteiger partial charge in [-0.1, -0.05) is 34.1 Å². The molecule has 0 radical (unpaired) electrons. The number of benzene rings is 1. The van der Waals surface area contributed by atoms with Gasteiger partial charge in [-0.2, -0.15) is 0 Å². The first-order valence-electron chi connectivity index (χ1n) is 6.05. The predicted octanol–water partition coefficient (Wildman–Crippen LogP) is 3.65. The van der Waals surface area contributed by atoms with Crippen molar-refractivity contribution in [3.63, 3.8) is 0 Å². The second-order valence-electron chi connectivity index (χ2n) is 4.93. The highest BCUT2D eigenvalue weighted by Gasteiger charge is 2.46. The number of hydrogen-bond acceptors (Lipinski definition) is 3. The van der Waals surface area contributed by atoms with Gasteiger partial charge >= 0.3 is 0 Å². The number of fused-ring (bicyclic) bond motifs is 1. The highest BCUT2D eigenvalue weighted by Crippen LogP contribution is 2.51. The molecule has 1 saturated carbocycles. The van der Waals surface area contributed by atoms with Crippen molar-refractivity contribution in [1.82, 2.24) is 0 Å². The molecular formula is C13H14BrFN2S. The van der Waals surface area contributed by atoms with Gasteiger partial charge in [-0.05, 0) is 42.5 Å². The number of thioether (sulfide) groups is 1. The Morgan fingerprint density at radius 1 is 1.44 bits per heavy atom. The van der Waals surface area contributed by atoms with E-state index in [2.05, 4.69) is 15.9 Å². The average Bonchev–Trinajstić information content (AvgIpc) is 2.71. The van der Waals surface area contributed by atoms with Crippen LogP contribution in [0, 0.1) is 11.7 Å². The SMILES string of the molecule is NC1=NC2(c3cc(F)cc(Br)c3)CCCC2CS1. The molecule has 1 fully saturated rings. The minimum Gasteiger partial charge on any atom is -0.379 e. The van der Waals surface area contributed by atoms with Gasteiger partial charge in [0.2, 0.25) is 0 Å². The van der Waals surface area contributed by atoms with Gasteiger partial charge < -0.3 is 5.73 Å². The van der Waals surface area contributed by atoms with Gasteiger partial charge in [0.1, 0.15) is 5.82 Å². The molecule has 0 amide bonds. The molecule has 2 atom stereocenters. The van der Waals surface area contributed by atoms with E-state index in [4.69, 9.17) is 10.7 Å². The molecule has 1 aromatic rings. The summed E-state index contributed by atoms with van der Waals surface area (Å²) in [7, 11) is 0. The number of halogens is 2. The second kappa shape index (κ2) is 4.53. The summed E-state index contributed by atoms with van der Waals surface area (Å²) in [5.74, 6) is 1.25. The fourth-order valence-electron chi connectivity index (χ4n) is 3.09. The third-order valence-electron chi connectivity index (χ3n) is 3.89. The third kappa shape index (κ3) is 1.97. The zero-order chi connectivity index (χ0) is 12.8. The Hall–Kier alpha value is -0.550. The molecule has 5 heteroatoms. The summed E-state index contributed by atoms with van der Waals surface area (Å²) >= 11 is 4.98. The lowest BCUT2D eigenvalue weighted by Crippen LogP contribution is -2.36. The number of hydrogen-bond donors (Lipinski definition) is 1. The Bertz CT molecular complexity index is 499. The van der Waals surface area contributed by atoms with E-state index >= 15 is 0 Å². The maximum absolute atomic E-state index is 13.6. The molecule has 1 aliphatic carbocycles. The lowest BCUT2D eigenvalue weighted by molar-refractivity contribution is 0.354. The summed E-state index contributed by atoms with van der Waals surface area (Å²) in [5, 5.41) is 0.633. The maximum Gasteiger partial charge on any atom is 0.154 e. The molecule has 2 N–H and O–H groups in total. The fraction of sp³-hybridized carbons (Fsp3) is 0.462. The Kier molecular flexibility index (Phi) is 3.14. The lowest BCUT2D eigenvalue weighted by atomic mass is 9.81. The van der Waals surface area contributed by atoms with Gasteiger partial charge in [-0.15, -0.1) is 0 Å². The van der Waals surface area contributed by atoms with Gasteiger partial charge in [0.15, 0.2) is 5.17 Å². The van der Waals surface area contributed by atoms with E-state index in [9.17, 15) is 4.39 Å². The van der Waals surface area contributed by atoms with Crippen LogP contribution in [0.2, 0.25) is 0 Å². The molecule has 1 aromatic carbocycles. The number of nitrogens with two attached hydrogens (primary N) is 1. The molecule has 0 aromatic heterocycles. The Morgan fingerprint density at radius 3 is 3.06 bits per heavy atom. The normalized spacial score (nSPS) is 31.0. The van der Waals surface area contributed by atoms with Crippen molar-refractivity contribution >= 4 is 32.9 Å². The summed E-state index contributed by atoms with van der Waals surface area (Å²) in [5.41, 5.74) is 6.56. The standard InChI is InChI=1S/C13H14BrFN2S/c14-10-4-9(5-11(15)6-10)13-3-1-2-8(13)7-18-12(16)17-13/h4-6,8H,1-3,7H2,(H2,16,17). The summed E-state index contributed by atoms with van der Waals surface area (Å²) in [6.07, 6.45) is 3.25. The highest BCUT2D eigenvalue weighted by molar-refractivity contribution is 9.10. The first kappa shape index (κ1) is 12.5. The summed E-state index contributed by atoms with van der Waals surface area (Å²) in [6, 6.07) is 5.07. The Labute approximate surface area is 118 Å². The van der Waals surface area contributed by atoms with E-state index in [1.54, 1.807) is 17.8 Å². The van der Waals surface area contributed by atoms with Crippen LogP contribution < -0.4 is 5.73 Å². The largest absolute Gasteiger partial charge is 0.379 e. The number of aliphatic imine (C=N–C) groups is 1. The van der Waals surface area contributed by atoms with Crippen LogP contribution in [0.15, 0.2) is 27.7 Å². The van der Waals surface area contributed by atoms with Crippen molar-refractivity contribution < 1.29 is 4.39 Å². The third-order valence-corrected chi connectivity index (χ3v) is 5.30. The van der Waals surface area contributed by atoms with Crippen molar-refractivity contribution in [2.75, 3.05) is 5.75 Å². The molecule has 1 heterocycles. The smallest absolute Gasteiger partial charge is 0.154 e. The van der Waals surface area contributed by atoms with Gasteiger partial charge in [-0.3, -0.25) is 4.99 Å². The minimum atomic E-state index is -0.292. The molecule has 2 aliphatic rings. The molecule has 0 spiro atoms. The second-order valence-corrected chi connectivity index (χ2v) is 6.89. The summed E-state index contributed by atoms with van der Waals surface area (Å²) in [6.45, 7) is 0. The quantitative estimate of drug-likeness (QED) is 0.854. The topological polar surface area (TPSA) is 38.4 Å². The van der Waals surface area contributed by atoms with Crippen LogP contribution in [0.25, 0.3) is 0 Å². The molecule has 3 rings (SSSR count). The molecule has 1 aliphatic heterocycles. The Morgan fingerprint density at radius 2 is 2.28 bits per heavy atom. The maximum atomic E-state index is 13.6. The van der Waals surface area contributed by atoms with E-state index in [1.807, 2.05) is 6.07 Å². The molecule has 2 nitrogen and oxygen atoms in total. The number of nitrogens with zero attached hydrogens (tertiary/aromatic N) is 1. The highest BCUT2D eigenvalue weighted by atomic mass is 79.9. The number of rotatable bonds is 1. The Balaban J connectivity index is 2.14. The monoisotopic (exact) mass is 328 g/mol. The average molecular weight is 329 g/mol. The van der Waals surface area contributed by atoms with Crippen molar-refractivity contribution in [1.29, 1.82) is 0 Å². The van der Waals surface area contributed by atoms with Crippen LogP contribution >= 0.6 is 27.7 Å². The molecule has 0 bridgehead atoms. The first-order chi connectivity index (χ1) is 8.60. The first-order valence-corrected chi connectivity index (χ1v) is 7.83. The van der Waals surface area contributed by atoms with Crippen molar-refractivity contribution in [2.45, 2.75) is 24.8 Å². The van der Waals surface area contributed by atoms with Crippen LogP contribution in [0.5, 0.6) is 0 Å². The predicted molar refractivity (Wildman–Crippen MR) is 77.2 cm³/mol. The van der Waals surface area contributed by atoms with Gasteiger partial charge in [0.25, 0.3) is 0 Å². The summed E-state index contributed by atoms with van der Waals surface area (Å²) in [4.78, 5) is 4.70. The molecule has 96 valence electrons. The van der Waals surface area contributed by atoms with E-state index in [0.29, 0.717) is 11.1 Å². The zero-order valence-corrected chi connectivity index (χ0v) is 12.2. The van der Waals surface area contributed by atoms with Crippen molar-refractivity contribution in [3.05, 3.63) is 34.1 Å². The van der Waals surface area contributed by atoms with E-state index in [-0.39, 0.29) is 11.4 Å². The van der Waals surface area contributed by atoms with Gasteiger partial charge in [0.05, 0.1) is 5.54 Å². The zero-order valence-electron chi connectivity index (χ0n) is 9.83. The van der Waals surface area contributed by atoms with Crippen LogP contribution in [0.4, 0.5) is 4.39 Å². The molecule has 0 saturated heterocycles. The van der Waals surface area contributed by atoms with E-state index < -0.39 is 0 Å². The van der Waals surface area contributed by atoms with Gasteiger partial charge in [0, 0.05) is 10.2 Å².